The number of nitrogens with zero attached hydrogens (tertiary/aromatic N) is 1. The molecular weight excluding hydrogens is 394 g/mol. The van der Waals surface area contributed by atoms with E-state index in [0.29, 0.717) is 30.7 Å². The van der Waals surface area contributed by atoms with Crippen molar-refractivity contribution in [1.29, 1.82) is 0 Å². The minimum absolute atomic E-state index is 0.0568. The van der Waals surface area contributed by atoms with E-state index in [4.69, 9.17) is 24.2 Å². The largest absolute Gasteiger partial charge is 0.463 e. The number of ether oxygens (including phenoxy) is 2. The summed E-state index contributed by atoms with van der Waals surface area (Å²) in [5.74, 6) is -1.36. The number of hydrogen-bond acceptors (Lipinski definition) is 8. The van der Waals surface area contributed by atoms with Crippen molar-refractivity contribution in [3.63, 3.8) is 0 Å². The number of quaternary nitrogens is 1. The fourth-order valence-electron chi connectivity index (χ4n) is 2.87. The molecule has 10 nitrogen and oxygen atoms in total. The number of hydrogen-bond donors (Lipinski definition) is 3. The fraction of sp³-hybridized carbons (Fsp3) is 0.882. The maximum absolute atomic E-state index is 11.8. The van der Waals surface area contributed by atoms with Crippen molar-refractivity contribution in [3.8, 4) is 0 Å². The molecule has 0 aromatic heterocycles. The third kappa shape index (κ3) is 13.8. The van der Waals surface area contributed by atoms with Crippen LogP contribution in [0.15, 0.2) is 0 Å². The van der Waals surface area contributed by atoms with Gasteiger partial charge < -0.3 is 24.2 Å². The first-order valence-corrected chi connectivity index (χ1v) is 11.1. The van der Waals surface area contributed by atoms with Gasteiger partial charge in [-0.2, -0.15) is 8.42 Å². The molecule has 0 unspecified atom stereocenters. The van der Waals surface area contributed by atoms with Crippen LogP contribution in [0.5, 0.6) is 0 Å². The predicted molar refractivity (Wildman–Crippen MR) is 101 cm³/mol. The SMILES string of the molecule is CCCC[N+](CCCS(=O)(=O)O)(CCC(=O)OCCO)CCC(=O)OCCO. The summed E-state index contributed by atoms with van der Waals surface area (Å²) in [6.07, 6.45) is 1.98. The van der Waals surface area contributed by atoms with Gasteiger partial charge in [0.05, 0.1) is 58.0 Å². The van der Waals surface area contributed by atoms with Gasteiger partial charge in [0.15, 0.2) is 0 Å². The summed E-state index contributed by atoms with van der Waals surface area (Å²) in [7, 11) is -4.10. The Balaban J connectivity index is 5.11. The van der Waals surface area contributed by atoms with Crippen molar-refractivity contribution in [3.05, 3.63) is 0 Å². The van der Waals surface area contributed by atoms with Gasteiger partial charge in [0.25, 0.3) is 10.1 Å². The van der Waals surface area contributed by atoms with Crippen LogP contribution in [0, 0.1) is 0 Å². The number of carbonyl (C=O) groups is 2. The minimum atomic E-state index is -4.10. The predicted octanol–water partition coefficient (Wildman–Crippen LogP) is -0.268. The van der Waals surface area contributed by atoms with Crippen molar-refractivity contribution in [2.75, 3.05) is 58.4 Å². The molecule has 11 heteroatoms. The maximum atomic E-state index is 11.8. The number of unbranched alkanes of at least 4 members (excludes halogenated alkanes) is 1. The van der Waals surface area contributed by atoms with Crippen molar-refractivity contribution in [2.45, 2.75) is 39.0 Å². The molecule has 0 fully saturated rings. The number of carbonyl (C=O) groups excluding carboxylic acids is 2. The molecule has 3 N–H and O–H groups in total. The van der Waals surface area contributed by atoms with Gasteiger partial charge in [-0.05, 0) is 6.42 Å². The molecule has 0 aliphatic carbocycles. The molecule has 0 rings (SSSR count). The topological polar surface area (TPSA) is 147 Å². The monoisotopic (exact) mass is 428 g/mol. The third-order valence-electron chi connectivity index (χ3n) is 4.31. The van der Waals surface area contributed by atoms with Gasteiger partial charge in [0.1, 0.15) is 13.2 Å². The molecular formula is C17H34NO9S+. The number of aliphatic hydroxyl groups excluding tert-OH is 2. The molecule has 0 bridgehead atoms. The van der Waals surface area contributed by atoms with E-state index in [0.717, 1.165) is 12.8 Å². The van der Waals surface area contributed by atoms with E-state index in [1.54, 1.807) is 0 Å². The number of esters is 2. The van der Waals surface area contributed by atoms with E-state index in [1.807, 2.05) is 6.92 Å². The second-order valence-electron chi connectivity index (χ2n) is 6.62. The van der Waals surface area contributed by atoms with Crippen LogP contribution in [0.25, 0.3) is 0 Å². The van der Waals surface area contributed by atoms with Crippen molar-refractivity contribution in [1.82, 2.24) is 0 Å². The van der Waals surface area contributed by atoms with Crippen molar-refractivity contribution < 1.29 is 46.7 Å². The maximum Gasteiger partial charge on any atom is 0.311 e. The van der Waals surface area contributed by atoms with E-state index in [2.05, 4.69) is 0 Å². The van der Waals surface area contributed by atoms with Gasteiger partial charge in [-0.3, -0.25) is 14.1 Å². The average Bonchev–Trinajstić information content (AvgIpc) is 2.64. The quantitative estimate of drug-likeness (QED) is 0.162. The minimum Gasteiger partial charge on any atom is -0.463 e. The Morgan fingerprint density at radius 2 is 1.32 bits per heavy atom. The Labute approximate surface area is 166 Å². The summed E-state index contributed by atoms with van der Waals surface area (Å²) in [5, 5.41) is 17.5. The lowest BCUT2D eigenvalue weighted by atomic mass is 10.1. The second-order valence-corrected chi connectivity index (χ2v) is 8.19. The number of aliphatic hydroxyl groups is 2. The van der Waals surface area contributed by atoms with Crippen LogP contribution in [-0.4, -0.2) is 98.0 Å². The van der Waals surface area contributed by atoms with Crippen molar-refractivity contribution in [2.24, 2.45) is 0 Å². The Morgan fingerprint density at radius 1 is 0.857 bits per heavy atom. The summed E-state index contributed by atoms with van der Waals surface area (Å²) in [4.78, 5) is 23.7. The van der Waals surface area contributed by atoms with Gasteiger partial charge in [-0.15, -0.1) is 0 Å². The molecule has 0 aliphatic rings. The van der Waals surface area contributed by atoms with Crippen LogP contribution >= 0.6 is 0 Å². The summed E-state index contributed by atoms with van der Waals surface area (Å²) >= 11 is 0. The van der Waals surface area contributed by atoms with Crippen LogP contribution in [0.2, 0.25) is 0 Å². The lowest BCUT2D eigenvalue weighted by molar-refractivity contribution is -0.927. The number of rotatable bonds is 17. The molecule has 0 aromatic rings. The van der Waals surface area contributed by atoms with Crippen LogP contribution in [0.4, 0.5) is 0 Å². The van der Waals surface area contributed by atoms with Gasteiger partial charge >= 0.3 is 11.9 Å². The van der Waals surface area contributed by atoms with Crippen molar-refractivity contribution >= 4 is 22.1 Å². The Kier molecular flexibility index (Phi) is 14.0. The molecule has 0 atom stereocenters. The van der Waals surface area contributed by atoms with Crippen LogP contribution in [-0.2, 0) is 29.2 Å². The molecule has 28 heavy (non-hydrogen) atoms. The Hall–Kier alpha value is -1.27. The fourth-order valence-corrected chi connectivity index (χ4v) is 3.36. The highest BCUT2D eigenvalue weighted by Gasteiger charge is 2.29. The van der Waals surface area contributed by atoms with Gasteiger partial charge in [0.2, 0.25) is 0 Å². The highest BCUT2D eigenvalue weighted by Crippen LogP contribution is 2.16. The van der Waals surface area contributed by atoms with Gasteiger partial charge in [-0.25, -0.2) is 0 Å². The first-order chi connectivity index (χ1) is 13.2. The van der Waals surface area contributed by atoms with Crippen LogP contribution < -0.4 is 0 Å². The van der Waals surface area contributed by atoms with Crippen LogP contribution in [0.3, 0.4) is 0 Å². The Morgan fingerprint density at radius 3 is 1.71 bits per heavy atom. The lowest BCUT2D eigenvalue weighted by Gasteiger charge is -2.38. The third-order valence-corrected chi connectivity index (χ3v) is 5.11. The summed E-state index contributed by atoms with van der Waals surface area (Å²) in [6, 6.07) is 0. The molecule has 0 radical (unpaired) electrons. The highest BCUT2D eigenvalue weighted by atomic mass is 32.2. The standard InChI is InChI=1S/C17H33NO9S/c1-2-3-7-18(8-4-15-28(23,24)25,9-5-16(21)26-13-11-19)10-6-17(22)27-14-12-20/h19-20H,2-15H2,1H3/p+1. The van der Waals surface area contributed by atoms with E-state index in [9.17, 15) is 18.0 Å². The Bertz CT molecular complexity index is 527. The normalized spacial score (nSPS) is 12.0. The summed E-state index contributed by atoms with van der Waals surface area (Å²) < 4.78 is 41.2. The van der Waals surface area contributed by atoms with E-state index < -0.39 is 27.8 Å². The molecule has 0 aliphatic heterocycles. The highest BCUT2D eigenvalue weighted by molar-refractivity contribution is 7.85. The molecule has 0 saturated heterocycles. The van der Waals surface area contributed by atoms with E-state index in [-0.39, 0.29) is 45.7 Å². The smallest absolute Gasteiger partial charge is 0.311 e. The molecule has 0 aromatic carbocycles. The summed E-state index contributed by atoms with van der Waals surface area (Å²) in [6.45, 7) is 2.93. The molecule has 0 amide bonds. The first kappa shape index (κ1) is 26.7. The zero-order valence-corrected chi connectivity index (χ0v) is 17.4. The molecule has 0 saturated carbocycles. The first-order valence-electron chi connectivity index (χ1n) is 9.51. The molecule has 166 valence electrons. The van der Waals surface area contributed by atoms with E-state index in [1.165, 1.54) is 0 Å². The van der Waals surface area contributed by atoms with Gasteiger partial charge in [0, 0.05) is 6.42 Å². The summed E-state index contributed by atoms with van der Waals surface area (Å²) in [5.41, 5.74) is 0. The zero-order chi connectivity index (χ0) is 21.5. The van der Waals surface area contributed by atoms with Crippen LogP contribution in [0.1, 0.15) is 39.0 Å². The zero-order valence-electron chi connectivity index (χ0n) is 16.5. The van der Waals surface area contributed by atoms with E-state index >= 15 is 0 Å². The van der Waals surface area contributed by atoms with Gasteiger partial charge in [-0.1, -0.05) is 13.3 Å². The molecule has 0 heterocycles. The second kappa shape index (κ2) is 14.7. The lowest BCUT2D eigenvalue weighted by Crippen LogP contribution is -2.52. The average molecular weight is 429 g/mol. The molecule has 0 spiro atoms.